The number of rotatable bonds is 4. The average molecular weight is 493 g/mol. The Balaban J connectivity index is 1.59. The largest absolute Gasteiger partial charge is 0.436 e. The quantitative estimate of drug-likeness (QED) is 0.325. The smallest absolute Gasteiger partial charge is 0.228 e. The van der Waals surface area contributed by atoms with Gasteiger partial charge in [0.2, 0.25) is 5.89 Å². The van der Waals surface area contributed by atoms with Crippen LogP contribution in [0.1, 0.15) is 5.56 Å². The van der Waals surface area contributed by atoms with E-state index in [-0.39, 0.29) is 0 Å². The summed E-state index contributed by atoms with van der Waals surface area (Å²) in [5.74, 6) is 0.511. The maximum absolute atomic E-state index is 6.28. The third kappa shape index (κ3) is 3.80. The van der Waals surface area contributed by atoms with Gasteiger partial charge >= 0.3 is 0 Å². The number of hydrogen-bond acceptors (Lipinski definition) is 3. The van der Waals surface area contributed by atoms with Crippen LogP contribution >= 0.6 is 43.5 Å². The van der Waals surface area contributed by atoms with Gasteiger partial charge in [-0.3, -0.25) is 0 Å². The fraction of sp³-hybridized carbons (Fsp3) is 0.0500. The summed E-state index contributed by atoms with van der Waals surface area (Å²) in [5, 5.41) is 4.02. The standard InChI is InChI=1S/C20H13Br2ClN2O/c21-13-3-1-12(2-4-13)11-24-15-6-8-19-18(10-15)25-20(26-19)16-9-14(22)5-7-17(16)23/h1-10,24H,11H2. The fourth-order valence-electron chi connectivity index (χ4n) is 2.62. The first-order valence-corrected chi connectivity index (χ1v) is 9.89. The molecule has 0 aliphatic heterocycles. The molecule has 0 amide bonds. The SMILES string of the molecule is Clc1ccc(Br)cc1-c1nc2cc(NCc3ccc(Br)cc3)ccc2o1. The van der Waals surface area contributed by atoms with Gasteiger partial charge in [-0.15, -0.1) is 0 Å². The molecule has 0 saturated carbocycles. The molecule has 130 valence electrons. The first-order valence-electron chi connectivity index (χ1n) is 7.93. The van der Waals surface area contributed by atoms with Crippen LogP contribution < -0.4 is 5.32 Å². The Hall–Kier alpha value is -1.82. The van der Waals surface area contributed by atoms with Crippen LogP contribution in [0.25, 0.3) is 22.6 Å². The topological polar surface area (TPSA) is 38.1 Å². The van der Waals surface area contributed by atoms with Gasteiger partial charge in [0.1, 0.15) is 5.52 Å². The molecule has 3 nitrogen and oxygen atoms in total. The summed E-state index contributed by atoms with van der Waals surface area (Å²) >= 11 is 13.2. The van der Waals surface area contributed by atoms with Crippen molar-refractivity contribution >= 4 is 60.2 Å². The Morgan fingerprint density at radius 1 is 0.923 bits per heavy atom. The highest BCUT2D eigenvalue weighted by Crippen LogP contribution is 2.33. The van der Waals surface area contributed by atoms with Crippen LogP contribution in [0.3, 0.4) is 0 Å². The van der Waals surface area contributed by atoms with Crippen molar-refractivity contribution in [2.24, 2.45) is 0 Å². The molecule has 6 heteroatoms. The molecule has 0 spiro atoms. The van der Waals surface area contributed by atoms with Crippen molar-refractivity contribution in [2.45, 2.75) is 6.54 Å². The summed E-state index contributed by atoms with van der Waals surface area (Å²) in [6.07, 6.45) is 0. The zero-order valence-electron chi connectivity index (χ0n) is 13.5. The number of nitrogens with zero attached hydrogens (tertiary/aromatic N) is 1. The molecule has 0 saturated heterocycles. The second-order valence-electron chi connectivity index (χ2n) is 5.81. The van der Waals surface area contributed by atoms with Crippen molar-refractivity contribution in [2.75, 3.05) is 5.32 Å². The number of hydrogen-bond donors (Lipinski definition) is 1. The monoisotopic (exact) mass is 490 g/mol. The molecule has 3 aromatic carbocycles. The Morgan fingerprint density at radius 3 is 2.50 bits per heavy atom. The Morgan fingerprint density at radius 2 is 1.69 bits per heavy atom. The third-order valence-electron chi connectivity index (χ3n) is 3.96. The molecule has 1 heterocycles. The Kier molecular flexibility index (Phi) is 5.02. The first kappa shape index (κ1) is 17.6. The fourth-order valence-corrected chi connectivity index (χ4v) is 3.44. The first-order chi connectivity index (χ1) is 12.6. The normalized spacial score (nSPS) is 11.0. The molecule has 1 N–H and O–H groups in total. The van der Waals surface area contributed by atoms with E-state index in [0.29, 0.717) is 10.9 Å². The van der Waals surface area contributed by atoms with Gasteiger partial charge in [0.05, 0.1) is 10.6 Å². The van der Waals surface area contributed by atoms with Crippen LogP contribution in [0, 0.1) is 0 Å². The van der Waals surface area contributed by atoms with E-state index in [9.17, 15) is 0 Å². The third-order valence-corrected chi connectivity index (χ3v) is 5.31. The summed E-state index contributed by atoms with van der Waals surface area (Å²) in [6, 6.07) is 19.7. The molecule has 0 unspecified atom stereocenters. The van der Waals surface area contributed by atoms with E-state index in [1.54, 1.807) is 0 Å². The molecule has 0 fully saturated rings. The number of aromatic nitrogens is 1. The second kappa shape index (κ2) is 7.43. The van der Waals surface area contributed by atoms with E-state index in [0.717, 1.165) is 37.8 Å². The zero-order valence-corrected chi connectivity index (χ0v) is 17.4. The molecule has 26 heavy (non-hydrogen) atoms. The van der Waals surface area contributed by atoms with Gasteiger partial charge < -0.3 is 9.73 Å². The number of halogens is 3. The minimum Gasteiger partial charge on any atom is -0.436 e. The lowest BCUT2D eigenvalue weighted by Gasteiger charge is -2.06. The van der Waals surface area contributed by atoms with E-state index >= 15 is 0 Å². The number of nitrogens with one attached hydrogen (secondary N) is 1. The maximum Gasteiger partial charge on any atom is 0.228 e. The predicted octanol–water partition coefficient (Wildman–Crippen LogP) is 7.29. The molecular weight excluding hydrogens is 479 g/mol. The van der Waals surface area contributed by atoms with Crippen molar-refractivity contribution in [1.82, 2.24) is 4.98 Å². The van der Waals surface area contributed by atoms with Crippen molar-refractivity contribution < 1.29 is 4.42 Å². The predicted molar refractivity (Wildman–Crippen MR) is 114 cm³/mol. The number of fused-ring (bicyclic) bond motifs is 1. The van der Waals surface area contributed by atoms with Gasteiger partial charge in [-0.1, -0.05) is 55.6 Å². The van der Waals surface area contributed by atoms with Crippen LogP contribution in [0.2, 0.25) is 5.02 Å². The highest BCUT2D eigenvalue weighted by atomic mass is 79.9. The summed E-state index contributed by atoms with van der Waals surface area (Å²) < 4.78 is 7.87. The van der Waals surface area contributed by atoms with Crippen molar-refractivity contribution in [3.8, 4) is 11.5 Å². The molecular formula is C20H13Br2ClN2O. The van der Waals surface area contributed by atoms with Crippen LogP contribution in [-0.4, -0.2) is 4.98 Å². The molecule has 0 radical (unpaired) electrons. The Bertz CT molecular complexity index is 1080. The second-order valence-corrected chi connectivity index (χ2v) is 8.04. The Labute approximate surface area is 172 Å². The zero-order chi connectivity index (χ0) is 18.1. The van der Waals surface area contributed by atoms with Crippen LogP contribution in [0.15, 0.2) is 74.0 Å². The molecule has 1 aromatic heterocycles. The highest BCUT2D eigenvalue weighted by molar-refractivity contribution is 9.10. The van der Waals surface area contributed by atoms with Gasteiger partial charge in [-0.2, -0.15) is 0 Å². The van der Waals surface area contributed by atoms with Gasteiger partial charge in [0.25, 0.3) is 0 Å². The molecule has 4 rings (SSSR count). The van der Waals surface area contributed by atoms with E-state index in [2.05, 4.69) is 54.3 Å². The molecule has 0 atom stereocenters. The van der Waals surface area contributed by atoms with Crippen LogP contribution in [0.4, 0.5) is 5.69 Å². The van der Waals surface area contributed by atoms with Gasteiger partial charge in [0, 0.05) is 21.2 Å². The summed E-state index contributed by atoms with van der Waals surface area (Å²) in [7, 11) is 0. The lowest BCUT2D eigenvalue weighted by Crippen LogP contribution is -1.98. The summed E-state index contributed by atoms with van der Waals surface area (Å²) in [4.78, 5) is 4.59. The van der Waals surface area contributed by atoms with Gasteiger partial charge in [-0.25, -0.2) is 4.98 Å². The highest BCUT2D eigenvalue weighted by Gasteiger charge is 2.12. The van der Waals surface area contributed by atoms with E-state index in [4.69, 9.17) is 16.0 Å². The lowest BCUT2D eigenvalue weighted by atomic mass is 10.2. The van der Waals surface area contributed by atoms with Crippen molar-refractivity contribution in [3.05, 3.63) is 80.2 Å². The number of benzene rings is 3. The average Bonchev–Trinajstić information content (AvgIpc) is 3.06. The minimum atomic E-state index is 0.511. The van der Waals surface area contributed by atoms with Crippen molar-refractivity contribution in [1.29, 1.82) is 0 Å². The van der Waals surface area contributed by atoms with Crippen LogP contribution in [-0.2, 0) is 6.54 Å². The number of oxazole rings is 1. The van der Waals surface area contributed by atoms with Crippen LogP contribution in [0.5, 0.6) is 0 Å². The van der Waals surface area contributed by atoms with Gasteiger partial charge in [-0.05, 0) is 54.1 Å². The molecule has 4 aromatic rings. The summed E-state index contributed by atoms with van der Waals surface area (Å²) in [6.45, 7) is 0.737. The van der Waals surface area contributed by atoms with E-state index in [1.165, 1.54) is 5.56 Å². The molecule has 0 bridgehead atoms. The van der Waals surface area contributed by atoms with Gasteiger partial charge in [0.15, 0.2) is 5.58 Å². The number of anilines is 1. The maximum atomic E-state index is 6.28. The summed E-state index contributed by atoms with van der Waals surface area (Å²) in [5.41, 5.74) is 4.47. The van der Waals surface area contributed by atoms with Crippen molar-refractivity contribution in [3.63, 3.8) is 0 Å². The minimum absolute atomic E-state index is 0.511. The molecule has 0 aliphatic carbocycles. The lowest BCUT2D eigenvalue weighted by molar-refractivity contribution is 0.620. The van der Waals surface area contributed by atoms with E-state index in [1.807, 2.05) is 48.5 Å². The van der Waals surface area contributed by atoms with E-state index < -0.39 is 0 Å². The molecule has 0 aliphatic rings.